The second-order valence-electron chi connectivity index (χ2n) is 3.92. The van der Waals surface area contributed by atoms with E-state index >= 15 is 0 Å². The molecule has 0 aromatic carbocycles. The molecule has 0 saturated carbocycles. The zero-order chi connectivity index (χ0) is 11.5. The number of hydrogen-bond acceptors (Lipinski definition) is 4. The minimum atomic E-state index is -2.87. The van der Waals surface area contributed by atoms with Crippen LogP contribution < -0.4 is 5.73 Å². The molecule has 6 heteroatoms. The summed E-state index contributed by atoms with van der Waals surface area (Å²) in [4.78, 5) is 2.01. The summed E-state index contributed by atoms with van der Waals surface area (Å²) >= 11 is 0. The molecule has 5 nitrogen and oxygen atoms in total. The van der Waals surface area contributed by atoms with Crippen LogP contribution in [0.5, 0.6) is 0 Å². The third kappa shape index (κ3) is 3.46. The van der Waals surface area contributed by atoms with Gasteiger partial charge in [0.05, 0.1) is 17.5 Å². The summed E-state index contributed by atoms with van der Waals surface area (Å²) in [6, 6.07) is -0.0988. The van der Waals surface area contributed by atoms with E-state index in [0.717, 1.165) is 13.0 Å². The quantitative estimate of drug-likeness (QED) is 0.523. The van der Waals surface area contributed by atoms with E-state index in [1.807, 2.05) is 11.8 Å². The van der Waals surface area contributed by atoms with E-state index in [-0.39, 0.29) is 23.4 Å². The maximum Gasteiger partial charge on any atom is 0.151 e. The van der Waals surface area contributed by atoms with Crippen molar-refractivity contribution >= 4 is 15.7 Å². The lowest BCUT2D eigenvalue weighted by Crippen LogP contribution is -2.45. The normalized spacial score (nSPS) is 24.3. The van der Waals surface area contributed by atoms with Crippen LogP contribution >= 0.6 is 0 Å². The first-order chi connectivity index (χ1) is 6.96. The van der Waals surface area contributed by atoms with Gasteiger partial charge in [-0.25, -0.2) is 8.42 Å². The van der Waals surface area contributed by atoms with Gasteiger partial charge in [0, 0.05) is 6.54 Å². The predicted molar refractivity (Wildman–Crippen MR) is 60.8 cm³/mol. The van der Waals surface area contributed by atoms with Crippen LogP contribution in [0.3, 0.4) is 0 Å². The Morgan fingerprint density at radius 1 is 1.47 bits per heavy atom. The number of nitrogens with two attached hydrogens (primary N) is 1. The number of hydrogen-bond donors (Lipinski definition) is 2. The molecule has 1 aliphatic rings. The van der Waals surface area contributed by atoms with Gasteiger partial charge in [-0.15, -0.1) is 0 Å². The van der Waals surface area contributed by atoms with Crippen molar-refractivity contribution in [1.29, 1.82) is 5.41 Å². The number of nitrogens with zero attached hydrogens (tertiary/aromatic N) is 1. The van der Waals surface area contributed by atoms with Gasteiger partial charge >= 0.3 is 0 Å². The van der Waals surface area contributed by atoms with E-state index < -0.39 is 9.84 Å². The van der Waals surface area contributed by atoms with Crippen molar-refractivity contribution in [3.8, 4) is 0 Å². The smallest absolute Gasteiger partial charge is 0.151 e. The van der Waals surface area contributed by atoms with Crippen LogP contribution in [-0.4, -0.2) is 49.8 Å². The molecule has 0 aromatic heterocycles. The van der Waals surface area contributed by atoms with E-state index in [0.29, 0.717) is 13.0 Å². The molecule has 1 heterocycles. The van der Waals surface area contributed by atoms with Gasteiger partial charge in [-0.05, 0) is 19.4 Å². The van der Waals surface area contributed by atoms with Crippen LogP contribution in [0.15, 0.2) is 0 Å². The largest absolute Gasteiger partial charge is 0.386 e. The van der Waals surface area contributed by atoms with Crippen LogP contribution in [0, 0.1) is 5.41 Å². The van der Waals surface area contributed by atoms with Gasteiger partial charge in [0.1, 0.15) is 5.84 Å². The second-order valence-corrected chi connectivity index (χ2v) is 6.22. The van der Waals surface area contributed by atoms with E-state index in [1.165, 1.54) is 0 Å². The Kier molecular flexibility index (Phi) is 4.10. The summed E-state index contributed by atoms with van der Waals surface area (Å²) in [6.07, 6.45) is 1.40. The van der Waals surface area contributed by atoms with Crippen molar-refractivity contribution < 1.29 is 8.42 Å². The van der Waals surface area contributed by atoms with Gasteiger partial charge in [-0.2, -0.15) is 0 Å². The Hall–Kier alpha value is -0.620. The molecule has 1 aliphatic heterocycles. The molecule has 1 atom stereocenters. The maximum absolute atomic E-state index is 11.4. The van der Waals surface area contributed by atoms with Gasteiger partial charge in [-0.1, -0.05) is 6.92 Å². The van der Waals surface area contributed by atoms with Crippen molar-refractivity contribution in [3.63, 3.8) is 0 Å². The van der Waals surface area contributed by atoms with Gasteiger partial charge in [0.2, 0.25) is 0 Å². The Morgan fingerprint density at radius 3 is 2.67 bits per heavy atom. The Balaban J connectivity index is 2.68. The third-order valence-electron chi connectivity index (χ3n) is 2.78. The van der Waals surface area contributed by atoms with E-state index in [9.17, 15) is 8.42 Å². The molecule has 1 rings (SSSR count). The average Bonchev–Trinajstić information content (AvgIpc) is 2.28. The van der Waals surface area contributed by atoms with E-state index in [2.05, 4.69) is 0 Å². The summed E-state index contributed by atoms with van der Waals surface area (Å²) in [5.74, 6) is 0.589. The van der Waals surface area contributed by atoms with E-state index in [4.69, 9.17) is 11.1 Å². The van der Waals surface area contributed by atoms with Crippen molar-refractivity contribution in [3.05, 3.63) is 0 Å². The van der Waals surface area contributed by atoms with Crippen LogP contribution in [0.25, 0.3) is 0 Å². The molecule has 0 amide bonds. The highest BCUT2D eigenvalue weighted by Gasteiger charge is 2.25. The highest BCUT2D eigenvalue weighted by Crippen LogP contribution is 2.10. The molecule has 1 unspecified atom stereocenters. The molecule has 0 bridgehead atoms. The first kappa shape index (κ1) is 12.4. The van der Waals surface area contributed by atoms with Crippen LogP contribution in [0.2, 0.25) is 0 Å². The first-order valence-electron chi connectivity index (χ1n) is 5.24. The standard InChI is InChI=1S/C9H19N3O2S/c1-2-8(9(10)11)12-4-3-6-15(13,14)7-5-12/h8H,2-7H2,1H3,(H3,10,11). The topological polar surface area (TPSA) is 87.2 Å². The summed E-state index contributed by atoms with van der Waals surface area (Å²) in [5, 5.41) is 7.44. The summed E-state index contributed by atoms with van der Waals surface area (Å²) in [5.41, 5.74) is 5.49. The highest BCUT2D eigenvalue weighted by atomic mass is 32.2. The zero-order valence-electron chi connectivity index (χ0n) is 9.07. The summed E-state index contributed by atoms with van der Waals surface area (Å²) in [7, 11) is -2.87. The molecule has 0 spiro atoms. The molecule has 0 aliphatic carbocycles. The van der Waals surface area contributed by atoms with Crippen molar-refractivity contribution in [2.75, 3.05) is 24.6 Å². The molecule has 1 saturated heterocycles. The molecule has 1 fully saturated rings. The highest BCUT2D eigenvalue weighted by molar-refractivity contribution is 7.91. The van der Waals surface area contributed by atoms with Crippen molar-refractivity contribution in [1.82, 2.24) is 4.90 Å². The number of nitrogens with one attached hydrogen (secondary N) is 1. The van der Waals surface area contributed by atoms with Crippen LogP contribution in [0.4, 0.5) is 0 Å². The van der Waals surface area contributed by atoms with Gasteiger partial charge in [0.25, 0.3) is 0 Å². The Bertz CT molecular complexity index is 326. The second kappa shape index (κ2) is 4.94. The monoisotopic (exact) mass is 233 g/mol. The molecular weight excluding hydrogens is 214 g/mol. The fraction of sp³-hybridized carbons (Fsp3) is 0.889. The number of amidine groups is 1. The summed E-state index contributed by atoms with van der Waals surface area (Å²) in [6.45, 7) is 3.18. The SMILES string of the molecule is CCC(C(=N)N)N1CCCS(=O)(=O)CC1. The average molecular weight is 233 g/mol. The van der Waals surface area contributed by atoms with Crippen LogP contribution in [0.1, 0.15) is 19.8 Å². The van der Waals surface area contributed by atoms with Crippen LogP contribution in [-0.2, 0) is 9.84 Å². The van der Waals surface area contributed by atoms with Crippen molar-refractivity contribution in [2.45, 2.75) is 25.8 Å². The first-order valence-corrected chi connectivity index (χ1v) is 7.07. The predicted octanol–water partition coefficient (Wildman–Crippen LogP) is -0.179. The molecule has 15 heavy (non-hydrogen) atoms. The molecule has 88 valence electrons. The zero-order valence-corrected chi connectivity index (χ0v) is 9.89. The van der Waals surface area contributed by atoms with Gasteiger partial charge in [-0.3, -0.25) is 10.3 Å². The van der Waals surface area contributed by atoms with E-state index in [1.54, 1.807) is 0 Å². The molecular formula is C9H19N3O2S. The molecule has 3 N–H and O–H groups in total. The van der Waals surface area contributed by atoms with Crippen molar-refractivity contribution in [2.24, 2.45) is 5.73 Å². The minimum Gasteiger partial charge on any atom is -0.386 e. The third-order valence-corrected chi connectivity index (χ3v) is 4.49. The van der Waals surface area contributed by atoms with Gasteiger partial charge in [0.15, 0.2) is 9.84 Å². The molecule has 0 radical (unpaired) electrons. The Morgan fingerprint density at radius 2 is 2.13 bits per heavy atom. The number of rotatable bonds is 3. The number of sulfone groups is 1. The van der Waals surface area contributed by atoms with Gasteiger partial charge < -0.3 is 5.73 Å². The minimum absolute atomic E-state index is 0.0988. The maximum atomic E-state index is 11.4. The fourth-order valence-corrected chi connectivity index (χ4v) is 3.23. The summed E-state index contributed by atoms with van der Waals surface area (Å²) < 4.78 is 22.8. The Labute approximate surface area is 91.1 Å². The lowest BCUT2D eigenvalue weighted by Gasteiger charge is -2.28. The molecule has 0 aromatic rings. The lowest BCUT2D eigenvalue weighted by atomic mass is 10.1. The fourth-order valence-electron chi connectivity index (χ4n) is 1.94. The lowest BCUT2D eigenvalue weighted by molar-refractivity contribution is 0.254.